The first-order chi connectivity index (χ1) is 8.66. The summed E-state index contributed by atoms with van der Waals surface area (Å²) in [7, 11) is 0. The fourth-order valence-electron chi connectivity index (χ4n) is 2.55. The third-order valence-corrected chi connectivity index (χ3v) is 3.86. The smallest absolute Gasteiger partial charge is 0.227 e. The molecule has 0 saturated heterocycles. The molecule has 1 heterocycles. The number of amides is 1. The van der Waals surface area contributed by atoms with Gasteiger partial charge in [-0.25, -0.2) is 0 Å². The number of aryl methyl sites for hydroxylation is 1. The lowest BCUT2D eigenvalue weighted by atomic mass is 9.85. The first-order valence-electron chi connectivity index (χ1n) is 6.56. The van der Waals surface area contributed by atoms with Gasteiger partial charge >= 0.3 is 0 Å². The van der Waals surface area contributed by atoms with Crippen LogP contribution in [0.3, 0.4) is 0 Å². The lowest BCUT2D eigenvalue weighted by Crippen LogP contribution is -2.43. The Hall–Kier alpha value is -1.42. The molecule has 4 heteroatoms. The van der Waals surface area contributed by atoms with Gasteiger partial charge in [-0.05, 0) is 31.4 Å². The maximum absolute atomic E-state index is 12.2. The van der Waals surface area contributed by atoms with E-state index < -0.39 is 0 Å². The van der Waals surface area contributed by atoms with E-state index >= 15 is 0 Å². The Bertz CT molecular complexity index is 408. The first-order valence-corrected chi connectivity index (χ1v) is 6.56. The molecular formula is C14H21N3O. The average Bonchev–Trinajstić information content (AvgIpc) is 2.88. The van der Waals surface area contributed by atoms with Crippen LogP contribution in [0.1, 0.15) is 36.9 Å². The first kappa shape index (κ1) is 13.0. The fourth-order valence-corrected chi connectivity index (χ4v) is 2.55. The number of carbonyl (C=O) groups is 1. The van der Waals surface area contributed by atoms with Gasteiger partial charge < -0.3 is 11.1 Å². The van der Waals surface area contributed by atoms with E-state index in [1.54, 1.807) is 6.20 Å². The highest BCUT2D eigenvalue weighted by molar-refractivity contribution is 5.83. The molecule has 1 saturated carbocycles. The number of nitrogens with two attached hydrogens (primary N) is 1. The molecular weight excluding hydrogens is 226 g/mol. The van der Waals surface area contributed by atoms with Crippen LogP contribution in [0.25, 0.3) is 0 Å². The molecule has 1 aliphatic rings. The van der Waals surface area contributed by atoms with Gasteiger partial charge in [0, 0.05) is 25.0 Å². The minimum atomic E-state index is -0.321. The molecule has 0 unspecified atom stereocenters. The molecule has 0 atom stereocenters. The Morgan fingerprint density at radius 1 is 1.44 bits per heavy atom. The van der Waals surface area contributed by atoms with Crippen LogP contribution in [0, 0.1) is 12.3 Å². The van der Waals surface area contributed by atoms with Crippen molar-refractivity contribution < 1.29 is 4.79 Å². The summed E-state index contributed by atoms with van der Waals surface area (Å²) in [5, 5.41) is 2.99. The van der Waals surface area contributed by atoms with Crippen LogP contribution in [-0.2, 0) is 11.3 Å². The molecule has 0 spiro atoms. The Morgan fingerprint density at radius 3 is 2.72 bits per heavy atom. The van der Waals surface area contributed by atoms with Crippen molar-refractivity contribution in [3.05, 3.63) is 29.6 Å². The highest BCUT2D eigenvalue weighted by Gasteiger charge is 2.39. The van der Waals surface area contributed by atoms with E-state index in [1.807, 2.05) is 19.1 Å². The quantitative estimate of drug-likeness (QED) is 0.847. The van der Waals surface area contributed by atoms with Gasteiger partial charge in [-0.15, -0.1) is 0 Å². The summed E-state index contributed by atoms with van der Waals surface area (Å²) < 4.78 is 0. The topological polar surface area (TPSA) is 68.0 Å². The summed E-state index contributed by atoms with van der Waals surface area (Å²) in [5.41, 5.74) is 7.48. The second-order valence-electron chi connectivity index (χ2n) is 5.18. The Labute approximate surface area is 108 Å². The molecule has 1 fully saturated rings. The number of nitrogens with one attached hydrogen (secondary N) is 1. The lowest BCUT2D eigenvalue weighted by Gasteiger charge is -2.25. The summed E-state index contributed by atoms with van der Waals surface area (Å²) in [5.74, 6) is 0.100. The predicted octanol–water partition coefficient (Wildman–Crippen LogP) is 1.53. The average molecular weight is 247 g/mol. The van der Waals surface area contributed by atoms with Crippen molar-refractivity contribution in [2.75, 3.05) is 6.54 Å². The van der Waals surface area contributed by atoms with Crippen molar-refractivity contribution in [2.24, 2.45) is 11.1 Å². The number of rotatable bonds is 4. The van der Waals surface area contributed by atoms with E-state index in [0.717, 1.165) is 36.9 Å². The zero-order valence-electron chi connectivity index (χ0n) is 10.9. The second-order valence-corrected chi connectivity index (χ2v) is 5.18. The molecule has 0 aromatic carbocycles. The number of carbonyl (C=O) groups excluding carboxylic acids is 1. The largest absolute Gasteiger partial charge is 0.351 e. The summed E-state index contributed by atoms with van der Waals surface area (Å²) in [4.78, 5) is 16.4. The number of pyridine rings is 1. The van der Waals surface area contributed by atoms with E-state index in [2.05, 4.69) is 10.3 Å². The lowest BCUT2D eigenvalue weighted by molar-refractivity contribution is -0.130. The highest BCUT2D eigenvalue weighted by Crippen LogP contribution is 2.37. The van der Waals surface area contributed by atoms with Crippen LogP contribution >= 0.6 is 0 Å². The fraction of sp³-hybridized carbons (Fsp3) is 0.571. The summed E-state index contributed by atoms with van der Waals surface area (Å²) in [6.07, 6.45) is 5.86. The Balaban J connectivity index is 1.93. The molecule has 0 aliphatic heterocycles. The van der Waals surface area contributed by atoms with Crippen molar-refractivity contribution in [1.29, 1.82) is 0 Å². The van der Waals surface area contributed by atoms with Gasteiger partial charge in [0.15, 0.2) is 0 Å². The molecule has 2 rings (SSSR count). The predicted molar refractivity (Wildman–Crippen MR) is 70.8 cm³/mol. The van der Waals surface area contributed by atoms with E-state index in [4.69, 9.17) is 5.73 Å². The zero-order valence-corrected chi connectivity index (χ0v) is 10.9. The van der Waals surface area contributed by atoms with Crippen molar-refractivity contribution in [3.8, 4) is 0 Å². The van der Waals surface area contributed by atoms with Crippen LogP contribution in [-0.4, -0.2) is 17.4 Å². The maximum Gasteiger partial charge on any atom is 0.227 e. The van der Waals surface area contributed by atoms with Gasteiger partial charge in [0.05, 0.1) is 5.41 Å². The van der Waals surface area contributed by atoms with Crippen LogP contribution in [0.5, 0.6) is 0 Å². The third kappa shape index (κ3) is 2.70. The van der Waals surface area contributed by atoms with Gasteiger partial charge in [-0.1, -0.05) is 18.9 Å². The van der Waals surface area contributed by atoms with E-state index in [-0.39, 0.29) is 11.3 Å². The summed E-state index contributed by atoms with van der Waals surface area (Å²) >= 11 is 0. The van der Waals surface area contributed by atoms with Gasteiger partial charge in [0.2, 0.25) is 5.91 Å². The van der Waals surface area contributed by atoms with Crippen LogP contribution < -0.4 is 11.1 Å². The minimum Gasteiger partial charge on any atom is -0.351 e. The molecule has 0 radical (unpaired) electrons. The molecule has 0 bridgehead atoms. The molecule has 1 aliphatic carbocycles. The maximum atomic E-state index is 12.2. The van der Waals surface area contributed by atoms with Crippen LogP contribution in [0.15, 0.2) is 18.3 Å². The number of aromatic nitrogens is 1. The normalized spacial score (nSPS) is 17.7. The van der Waals surface area contributed by atoms with Crippen molar-refractivity contribution in [3.63, 3.8) is 0 Å². The molecule has 4 nitrogen and oxygen atoms in total. The molecule has 18 heavy (non-hydrogen) atoms. The molecule has 1 aromatic rings. The SMILES string of the molecule is Cc1ccc(CNC(=O)C2(CN)CCCC2)cn1. The van der Waals surface area contributed by atoms with Crippen molar-refractivity contribution in [1.82, 2.24) is 10.3 Å². The van der Waals surface area contributed by atoms with Gasteiger partial charge in [0.1, 0.15) is 0 Å². The van der Waals surface area contributed by atoms with Crippen molar-refractivity contribution >= 4 is 5.91 Å². The Kier molecular flexibility index (Phi) is 3.97. The van der Waals surface area contributed by atoms with E-state index in [9.17, 15) is 4.79 Å². The third-order valence-electron chi connectivity index (χ3n) is 3.86. The molecule has 3 N–H and O–H groups in total. The minimum absolute atomic E-state index is 0.100. The van der Waals surface area contributed by atoms with Crippen LogP contribution in [0.2, 0.25) is 0 Å². The molecule has 98 valence electrons. The standard InChI is InChI=1S/C14H21N3O/c1-11-4-5-12(8-16-11)9-17-13(18)14(10-15)6-2-3-7-14/h4-5,8H,2-3,6-7,9-10,15H2,1H3,(H,17,18). The number of hydrogen-bond acceptors (Lipinski definition) is 3. The second kappa shape index (κ2) is 5.48. The Morgan fingerprint density at radius 2 is 2.17 bits per heavy atom. The van der Waals surface area contributed by atoms with Gasteiger partial charge in [0.25, 0.3) is 0 Å². The number of nitrogens with zero attached hydrogens (tertiary/aromatic N) is 1. The van der Waals surface area contributed by atoms with Crippen LogP contribution in [0.4, 0.5) is 0 Å². The van der Waals surface area contributed by atoms with E-state index in [0.29, 0.717) is 13.1 Å². The molecule has 1 aromatic heterocycles. The van der Waals surface area contributed by atoms with Gasteiger partial charge in [-0.3, -0.25) is 9.78 Å². The molecule has 1 amide bonds. The number of hydrogen-bond donors (Lipinski definition) is 2. The highest BCUT2D eigenvalue weighted by atomic mass is 16.2. The summed E-state index contributed by atoms with van der Waals surface area (Å²) in [6, 6.07) is 3.95. The monoisotopic (exact) mass is 247 g/mol. The van der Waals surface area contributed by atoms with E-state index in [1.165, 1.54) is 0 Å². The zero-order chi connectivity index (χ0) is 13.0. The van der Waals surface area contributed by atoms with Gasteiger partial charge in [-0.2, -0.15) is 0 Å². The summed E-state index contributed by atoms with van der Waals surface area (Å²) in [6.45, 7) is 2.93. The van der Waals surface area contributed by atoms with Crippen molar-refractivity contribution in [2.45, 2.75) is 39.2 Å².